The number of aryl methyl sites for hydroxylation is 1. The summed E-state index contributed by atoms with van der Waals surface area (Å²) in [4.78, 5) is 33.0. The third-order valence-electron chi connectivity index (χ3n) is 4.93. The van der Waals surface area contributed by atoms with Crippen molar-refractivity contribution in [2.24, 2.45) is 19.8 Å². The topological polar surface area (TPSA) is 127 Å². The molecular formula is C15H20ClN7O3. The molecule has 1 aliphatic rings. The third-order valence-corrected chi connectivity index (χ3v) is 4.93. The Hall–Kier alpha value is -2.46. The zero-order valence-electron chi connectivity index (χ0n) is 14.5. The molecule has 0 radical (unpaired) electrons. The largest absolute Gasteiger partial charge is 0.337 e. The summed E-state index contributed by atoms with van der Waals surface area (Å²) >= 11 is 0. The lowest BCUT2D eigenvalue weighted by Crippen LogP contribution is -2.37. The maximum Gasteiger partial charge on any atom is 0.332 e. The van der Waals surface area contributed by atoms with Gasteiger partial charge in [0.2, 0.25) is 5.89 Å². The lowest BCUT2D eigenvalue weighted by Gasteiger charge is -2.17. The highest BCUT2D eigenvalue weighted by Gasteiger charge is 2.36. The number of hydrogen-bond acceptors (Lipinski definition) is 7. The quantitative estimate of drug-likeness (QED) is 0.677. The van der Waals surface area contributed by atoms with Gasteiger partial charge in [0, 0.05) is 14.1 Å². The molecule has 3 aromatic heterocycles. The van der Waals surface area contributed by atoms with E-state index in [1.54, 1.807) is 11.6 Å². The molecular weight excluding hydrogens is 362 g/mol. The molecule has 3 aromatic rings. The zero-order valence-corrected chi connectivity index (χ0v) is 15.3. The van der Waals surface area contributed by atoms with Crippen LogP contribution in [-0.4, -0.2) is 28.8 Å². The number of hydrogen-bond donors (Lipinski definition) is 1. The Morgan fingerprint density at radius 3 is 2.62 bits per heavy atom. The fourth-order valence-electron chi connectivity index (χ4n) is 3.41. The molecule has 1 fully saturated rings. The van der Waals surface area contributed by atoms with Crippen molar-refractivity contribution in [2.45, 2.75) is 37.8 Å². The van der Waals surface area contributed by atoms with Crippen LogP contribution in [0.3, 0.4) is 0 Å². The van der Waals surface area contributed by atoms with Gasteiger partial charge in [-0.15, -0.1) is 12.4 Å². The van der Waals surface area contributed by atoms with Gasteiger partial charge >= 0.3 is 5.69 Å². The standard InChI is InChI=1S/C15H19N7O3.ClH/c1-20-11-10(12(23)21(2)14(20)24)22(8-17-11)7-9-18-13(19-25-9)15(16)5-3-4-6-15;/h8H,3-7,16H2,1-2H3;1H. The Balaban J connectivity index is 0.00000196. The van der Waals surface area contributed by atoms with Crippen molar-refractivity contribution in [2.75, 3.05) is 0 Å². The maximum atomic E-state index is 12.4. The molecule has 2 N–H and O–H groups in total. The highest BCUT2D eigenvalue weighted by Crippen LogP contribution is 2.34. The molecule has 0 saturated heterocycles. The van der Waals surface area contributed by atoms with Crippen molar-refractivity contribution in [3.8, 4) is 0 Å². The molecule has 140 valence electrons. The molecule has 0 amide bonds. The Bertz CT molecular complexity index is 1070. The molecule has 0 aliphatic heterocycles. The minimum absolute atomic E-state index is 0. The van der Waals surface area contributed by atoms with Gasteiger partial charge in [-0.25, -0.2) is 9.78 Å². The first-order chi connectivity index (χ1) is 11.9. The highest BCUT2D eigenvalue weighted by molar-refractivity contribution is 5.85. The minimum Gasteiger partial charge on any atom is -0.337 e. The van der Waals surface area contributed by atoms with Gasteiger partial charge in [-0.05, 0) is 12.8 Å². The van der Waals surface area contributed by atoms with Crippen LogP contribution >= 0.6 is 12.4 Å². The lowest BCUT2D eigenvalue weighted by atomic mass is 9.99. The van der Waals surface area contributed by atoms with Gasteiger partial charge in [-0.2, -0.15) is 4.98 Å². The van der Waals surface area contributed by atoms with E-state index in [9.17, 15) is 9.59 Å². The van der Waals surface area contributed by atoms with E-state index in [1.165, 1.54) is 17.9 Å². The summed E-state index contributed by atoms with van der Waals surface area (Å²) in [5.41, 5.74) is 5.61. The summed E-state index contributed by atoms with van der Waals surface area (Å²) in [6.07, 6.45) is 5.27. The van der Waals surface area contributed by atoms with Crippen LogP contribution in [0.15, 0.2) is 20.4 Å². The van der Waals surface area contributed by atoms with Crippen LogP contribution in [0.25, 0.3) is 11.2 Å². The van der Waals surface area contributed by atoms with E-state index in [0.717, 1.165) is 30.3 Å². The van der Waals surface area contributed by atoms with E-state index in [2.05, 4.69) is 15.1 Å². The summed E-state index contributed by atoms with van der Waals surface area (Å²) in [5.74, 6) is 0.853. The van der Waals surface area contributed by atoms with Gasteiger partial charge in [0.25, 0.3) is 5.56 Å². The van der Waals surface area contributed by atoms with Crippen LogP contribution in [0.1, 0.15) is 37.4 Å². The van der Waals surface area contributed by atoms with Gasteiger partial charge in [0.1, 0.15) is 6.54 Å². The Kier molecular flexibility index (Phi) is 4.49. The monoisotopic (exact) mass is 381 g/mol. The lowest BCUT2D eigenvalue weighted by molar-refractivity contribution is 0.345. The number of nitrogens with zero attached hydrogens (tertiary/aromatic N) is 6. The van der Waals surface area contributed by atoms with Crippen molar-refractivity contribution in [1.29, 1.82) is 0 Å². The molecule has 10 nitrogen and oxygen atoms in total. The van der Waals surface area contributed by atoms with Crippen LogP contribution in [0, 0.1) is 0 Å². The van der Waals surface area contributed by atoms with E-state index < -0.39 is 16.8 Å². The SMILES string of the molecule is Cl.Cn1c(=O)c2c(ncn2Cc2nc(C3(N)CCCC3)no2)n(C)c1=O. The van der Waals surface area contributed by atoms with Gasteiger partial charge < -0.3 is 14.8 Å². The third kappa shape index (κ3) is 2.65. The van der Waals surface area contributed by atoms with E-state index in [4.69, 9.17) is 10.3 Å². The Labute approximate surface area is 154 Å². The maximum absolute atomic E-state index is 12.4. The Morgan fingerprint density at radius 1 is 1.23 bits per heavy atom. The first-order valence-corrected chi connectivity index (χ1v) is 8.13. The highest BCUT2D eigenvalue weighted by atomic mass is 35.5. The number of halogens is 1. The summed E-state index contributed by atoms with van der Waals surface area (Å²) in [5, 5.41) is 4.02. The molecule has 26 heavy (non-hydrogen) atoms. The fourth-order valence-corrected chi connectivity index (χ4v) is 3.41. The van der Waals surface area contributed by atoms with Crippen LogP contribution in [0.2, 0.25) is 0 Å². The molecule has 1 aliphatic carbocycles. The van der Waals surface area contributed by atoms with Crippen molar-refractivity contribution >= 4 is 23.6 Å². The summed E-state index contributed by atoms with van der Waals surface area (Å²) < 4.78 is 9.31. The van der Waals surface area contributed by atoms with Crippen LogP contribution in [0.5, 0.6) is 0 Å². The van der Waals surface area contributed by atoms with Gasteiger partial charge in [-0.3, -0.25) is 13.9 Å². The molecule has 0 spiro atoms. The number of imidazole rings is 1. The van der Waals surface area contributed by atoms with Crippen molar-refractivity contribution in [3.05, 3.63) is 38.9 Å². The normalized spacial score (nSPS) is 16.1. The van der Waals surface area contributed by atoms with E-state index in [1.807, 2.05) is 0 Å². The van der Waals surface area contributed by atoms with Gasteiger partial charge in [-0.1, -0.05) is 18.0 Å². The van der Waals surface area contributed by atoms with E-state index in [-0.39, 0.29) is 19.0 Å². The second-order valence-electron chi connectivity index (χ2n) is 6.63. The Morgan fingerprint density at radius 2 is 1.92 bits per heavy atom. The second-order valence-corrected chi connectivity index (χ2v) is 6.63. The summed E-state index contributed by atoms with van der Waals surface area (Å²) in [7, 11) is 3.01. The molecule has 1 saturated carbocycles. The molecule has 0 unspecified atom stereocenters. The fraction of sp³-hybridized carbons (Fsp3) is 0.533. The molecule has 0 atom stereocenters. The second kappa shape index (κ2) is 6.36. The first-order valence-electron chi connectivity index (χ1n) is 8.13. The zero-order chi connectivity index (χ0) is 17.8. The number of nitrogens with two attached hydrogens (primary N) is 1. The smallest absolute Gasteiger partial charge is 0.332 e. The molecule has 11 heteroatoms. The van der Waals surface area contributed by atoms with E-state index in [0.29, 0.717) is 22.9 Å². The first kappa shape index (κ1) is 18.3. The molecule has 4 rings (SSSR count). The van der Waals surface area contributed by atoms with Crippen molar-refractivity contribution < 1.29 is 4.52 Å². The van der Waals surface area contributed by atoms with Gasteiger partial charge in [0.15, 0.2) is 17.0 Å². The molecule has 3 heterocycles. The van der Waals surface area contributed by atoms with Crippen molar-refractivity contribution in [3.63, 3.8) is 0 Å². The average Bonchev–Trinajstić information content (AvgIpc) is 3.32. The van der Waals surface area contributed by atoms with Crippen molar-refractivity contribution in [1.82, 2.24) is 28.8 Å². The number of rotatable bonds is 3. The van der Waals surface area contributed by atoms with Crippen LogP contribution in [0.4, 0.5) is 0 Å². The van der Waals surface area contributed by atoms with Crippen LogP contribution < -0.4 is 17.0 Å². The van der Waals surface area contributed by atoms with E-state index >= 15 is 0 Å². The minimum atomic E-state index is -0.529. The average molecular weight is 382 g/mol. The molecule has 0 aromatic carbocycles. The number of fused-ring (bicyclic) bond motifs is 1. The summed E-state index contributed by atoms with van der Waals surface area (Å²) in [6.45, 7) is 0.188. The summed E-state index contributed by atoms with van der Waals surface area (Å²) in [6, 6.07) is 0. The number of aromatic nitrogens is 6. The molecule has 0 bridgehead atoms. The predicted molar refractivity (Wildman–Crippen MR) is 95.2 cm³/mol. The van der Waals surface area contributed by atoms with Gasteiger partial charge in [0.05, 0.1) is 11.9 Å². The van der Waals surface area contributed by atoms with Crippen LogP contribution in [-0.2, 0) is 26.2 Å². The predicted octanol–water partition coefficient (Wildman–Crippen LogP) is 0.0148.